The van der Waals surface area contributed by atoms with Crippen molar-refractivity contribution >= 4 is 12.6 Å². The van der Waals surface area contributed by atoms with E-state index in [0.29, 0.717) is 0 Å². The summed E-state index contributed by atoms with van der Waals surface area (Å²) >= 11 is 3.74. The van der Waals surface area contributed by atoms with Crippen molar-refractivity contribution < 1.29 is 0 Å². The van der Waals surface area contributed by atoms with Crippen LogP contribution in [0.25, 0.3) is 0 Å². The maximum atomic E-state index is 6.21. The summed E-state index contributed by atoms with van der Waals surface area (Å²) in [4.78, 5) is 0. The van der Waals surface area contributed by atoms with Crippen molar-refractivity contribution in [3.05, 3.63) is 0 Å². The topological polar surface area (TPSA) is 36.2 Å². The minimum atomic E-state index is -0.130. The first-order valence-electron chi connectivity index (χ1n) is 1.32. The summed E-state index contributed by atoms with van der Waals surface area (Å²) in [5, 5.41) is 2.87. The normalized spacial score (nSPS) is 14.0. The van der Waals surface area contributed by atoms with Crippen LogP contribution in [-0.2, 0) is 0 Å². The molecule has 0 rings (SSSR count). The molecule has 0 spiro atoms. The van der Waals surface area contributed by atoms with E-state index in [9.17, 15) is 0 Å². The second kappa shape index (κ2) is 2.20. The third-order valence-electron chi connectivity index (χ3n) is 0.187. The van der Waals surface area contributed by atoms with Gasteiger partial charge in [0.15, 0.2) is 0 Å². The molecule has 0 aliphatic rings. The summed E-state index contributed by atoms with van der Waals surface area (Å²) in [6.45, 7) is 1.73. The first kappa shape index (κ1) is 4.95. The monoisotopic (exact) mass is 90.0 g/mol. The van der Waals surface area contributed by atoms with E-state index in [1.54, 1.807) is 6.92 Å². The lowest BCUT2D eigenvalue weighted by Gasteiger charge is -1.81. The van der Waals surface area contributed by atoms with Gasteiger partial charge in [-0.05, 0) is 6.92 Å². The third kappa shape index (κ3) is 3.95. The van der Waals surface area contributed by atoms with Gasteiger partial charge in [-0.2, -0.15) is 17.7 Å². The molecule has 0 saturated heterocycles. The van der Waals surface area contributed by atoms with E-state index in [-0.39, 0.29) is 5.37 Å². The highest BCUT2D eigenvalue weighted by Crippen LogP contribution is 1.88. The molecule has 0 aliphatic carbocycles. The molecule has 0 radical (unpaired) electrons. The number of rotatable bonds is 1. The minimum absolute atomic E-state index is 0.130. The molecular weight excluding hydrogens is 84.1 g/mol. The number of thiol groups is 1. The standard InChI is InChI=1S/C2H6N2S/c1-2(5)4-3/h2-3,5H,1H3. The maximum absolute atomic E-state index is 6.21. The number of nitrogens with one attached hydrogen (secondary N) is 1. The van der Waals surface area contributed by atoms with E-state index in [1.807, 2.05) is 0 Å². The second-order valence-electron chi connectivity index (χ2n) is 0.761. The zero-order valence-corrected chi connectivity index (χ0v) is 3.87. The quantitative estimate of drug-likeness (QED) is 0.359. The van der Waals surface area contributed by atoms with Crippen LogP contribution in [0.4, 0.5) is 0 Å². The number of nitrogens with zero attached hydrogens (tertiary/aromatic N) is 1. The van der Waals surface area contributed by atoms with Crippen LogP contribution < -0.4 is 0 Å². The molecule has 0 aromatic rings. The van der Waals surface area contributed by atoms with Gasteiger partial charge in [0.05, 0.1) is 0 Å². The maximum Gasteiger partial charge on any atom is 0.110 e. The summed E-state index contributed by atoms with van der Waals surface area (Å²) in [6, 6.07) is 0. The Balaban J connectivity index is 2.83. The van der Waals surface area contributed by atoms with Crippen molar-refractivity contribution in [2.24, 2.45) is 5.11 Å². The molecule has 30 valence electrons. The van der Waals surface area contributed by atoms with Gasteiger partial charge >= 0.3 is 0 Å². The smallest absolute Gasteiger partial charge is 0.110 e. The van der Waals surface area contributed by atoms with Gasteiger partial charge in [0, 0.05) is 0 Å². The summed E-state index contributed by atoms with van der Waals surface area (Å²) in [5.41, 5.74) is 6.21. The van der Waals surface area contributed by atoms with Crippen molar-refractivity contribution in [2.75, 3.05) is 0 Å². The predicted molar refractivity (Wildman–Crippen MR) is 23.6 cm³/mol. The van der Waals surface area contributed by atoms with E-state index >= 15 is 0 Å². The van der Waals surface area contributed by atoms with Crippen molar-refractivity contribution in [1.82, 2.24) is 0 Å². The highest BCUT2D eigenvalue weighted by atomic mass is 32.1. The molecule has 3 heteroatoms. The van der Waals surface area contributed by atoms with Gasteiger partial charge in [-0.25, -0.2) is 5.53 Å². The molecule has 0 amide bonds. The van der Waals surface area contributed by atoms with Gasteiger partial charge in [-0.15, -0.1) is 0 Å². The molecule has 0 bridgehead atoms. The van der Waals surface area contributed by atoms with E-state index in [4.69, 9.17) is 5.53 Å². The van der Waals surface area contributed by atoms with Gasteiger partial charge in [-0.3, -0.25) is 0 Å². The fourth-order valence-electron chi connectivity index (χ4n) is 0. The van der Waals surface area contributed by atoms with Gasteiger partial charge in [0.1, 0.15) is 5.37 Å². The lowest BCUT2D eigenvalue weighted by molar-refractivity contribution is 0.900. The molecule has 0 heterocycles. The van der Waals surface area contributed by atoms with Gasteiger partial charge in [0.2, 0.25) is 0 Å². The number of hydrogen-bond acceptors (Lipinski definition) is 3. The average molecular weight is 90.2 g/mol. The first-order chi connectivity index (χ1) is 2.27. The summed E-state index contributed by atoms with van der Waals surface area (Å²) in [7, 11) is 0. The van der Waals surface area contributed by atoms with Gasteiger partial charge < -0.3 is 0 Å². The SMILES string of the molecule is CC(S)N=N. The number of hydrogen-bond donors (Lipinski definition) is 2. The Morgan fingerprint density at radius 1 is 2.00 bits per heavy atom. The molecule has 0 saturated carbocycles. The van der Waals surface area contributed by atoms with Gasteiger partial charge in [0.25, 0.3) is 0 Å². The Morgan fingerprint density at radius 3 is 2.20 bits per heavy atom. The predicted octanol–water partition coefficient (Wildman–Crippen LogP) is 1.29. The van der Waals surface area contributed by atoms with E-state index in [0.717, 1.165) is 0 Å². The van der Waals surface area contributed by atoms with Crippen LogP contribution in [0.5, 0.6) is 0 Å². The molecule has 0 fully saturated rings. The van der Waals surface area contributed by atoms with Crippen molar-refractivity contribution in [3.63, 3.8) is 0 Å². The fraction of sp³-hybridized carbons (Fsp3) is 1.00. The average Bonchev–Trinajstić information content (AvgIpc) is 1.38. The zero-order chi connectivity index (χ0) is 4.28. The Labute approximate surface area is 36.5 Å². The van der Waals surface area contributed by atoms with Gasteiger partial charge in [-0.1, -0.05) is 0 Å². The summed E-state index contributed by atoms with van der Waals surface area (Å²) in [6.07, 6.45) is 0. The Morgan fingerprint density at radius 2 is 2.20 bits per heavy atom. The largest absolute Gasteiger partial charge is 0.209 e. The molecule has 0 aromatic carbocycles. The minimum Gasteiger partial charge on any atom is -0.209 e. The van der Waals surface area contributed by atoms with Crippen LogP contribution >= 0.6 is 12.6 Å². The first-order valence-corrected chi connectivity index (χ1v) is 1.83. The molecule has 1 N–H and O–H groups in total. The molecule has 0 aliphatic heterocycles. The van der Waals surface area contributed by atoms with E-state index in [2.05, 4.69) is 17.7 Å². The van der Waals surface area contributed by atoms with Crippen molar-refractivity contribution in [1.29, 1.82) is 5.53 Å². The Hall–Kier alpha value is -0.0500. The molecule has 1 unspecified atom stereocenters. The molecule has 1 atom stereocenters. The van der Waals surface area contributed by atoms with Crippen LogP contribution in [-0.4, -0.2) is 5.37 Å². The molecule has 5 heavy (non-hydrogen) atoms. The van der Waals surface area contributed by atoms with E-state index < -0.39 is 0 Å². The fourth-order valence-corrected chi connectivity index (χ4v) is 0. The Bertz CT molecular complexity index is 34.6. The van der Waals surface area contributed by atoms with Crippen LogP contribution in [0.3, 0.4) is 0 Å². The van der Waals surface area contributed by atoms with E-state index in [1.165, 1.54) is 0 Å². The molecular formula is C2H6N2S. The summed E-state index contributed by atoms with van der Waals surface area (Å²) < 4.78 is 0. The van der Waals surface area contributed by atoms with Crippen LogP contribution in [0, 0.1) is 5.53 Å². The lowest BCUT2D eigenvalue weighted by atomic mass is 10.8. The summed E-state index contributed by atoms with van der Waals surface area (Å²) in [5.74, 6) is 0. The van der Waals surface area contributed by atoms with Crippen molar-refractivity contribution in [2.45, 2.75) is 12.3 Å². The highest BCUT2D eigenvalue weighted by Gasteiger charge is 1.77. The van der Waals surface area contributed by atoms with Crippen molar-refractivity contribution in [3.8, 4) is 0 Å². The molecule has 0 aromatic heterocycles. The zero-order valence-electron chi connectivity index (χ0n) is 2.97. The third-order valence-corrected chi connectivity index (χ3v) is 0.302. The highest BCUT2D eigenvalue weighted by molar-refractivity contribution is 7.80. The second-order valence-corrected chi connectivity index (χ2v) is 1.51. The van der Waals surface area contributed by atoms with Crippen LogP contribution in [0.2, 0.25) is 0 Å². The lowest BCUT2D eigenvalue weighted by Crippen LogP contribution is -1.75. The van der Waals surface area contributed by atoms with Crippen LogP contribution in [0.1, 0.15) is 6.92 Å². The van der Waals surface area contributed by atoms with Crippen LogP contribution in [0.15, 0.2) is 5.11 Å². The molecule has 2 nitrogen and oxygen atoms in total. The Kier molecular flexibility index (Phi) is 2.18.